The molecule has 1 aliphatic rings. The van der Waals surface area contributed by atoms with Crippen LogP contribution in [0.4, 0.5) is 13.2 Å². The average Bonchev–Trinajstić information content (AvgIpc) is 2.34. The molecule has 20 heavy (non-hydrogen) atoms. The van der Waals surface area contributed by atoms with E-state index in [4.69, 9.17) is 4.74 Å². The first-order chi connectivity index (χ1) is 9.36. The van der Waals surface area contributed by atoms with E-state index in [1.54, 1.807) is 6.07 Å². The summed E-state index contributed by atoms with van der Waals surface area (Å²) in [7, 11) is 0. The summed E-state index contributed by atoms with van der Waals surface area (Å²) in [6.45, 7) is 4.22. The fraction of sp³-hybridized carbons (Fsp3) is 0.600. The van der Waals surface area contributed by atoms with Crippen LogP contribution in [0.5, 0.6) is 0 Å². The number of nitrogens with one attached hydrogen (secondary N) is 1. The van der Waals surface area contributed by atoms with E-state index in [0.717, 1.165) is 18.9 Å². The Kier molecular flexibility index (Phi) is 4.70. The second kappa shape index (κ2) is 6.14. The zero-order chi connectivity index (χ0) is 14.8. The van der Waals surface area contributed by atoms with Gasteiger partial charge < -0.3 is 10.1 Å². The summed E-state index contributed by atoms with van der Waals surface area (Å²) in [5, 5.41) is 3.23. The quantitative estimate of drug-likeness (QED) is 0.914. The van der Waals surface area contributed by atoms with Gasteiger partial charge in [-0.25, -0.2) is 0 Å². The van der Waals surface area contributed by atoms with Crippen molar-refractivity contribution >= 4 is 0 Å². The van der Waals surface area contributed by atoms with Crippen molar-refractivity contribution in [1.82, 2.24) is 5.32 Å². The number of ether oxygens (including phenoxy) is 1. The Labute approximate surface area is 117 Å². The van der Waals surface area contributed by atoms with Crippen LogP contribution in [0.1, 0.15) is 37.8 Å². The lowest BCUT2D eigenvalue weighted by atomic mass is 9.99. The maximum Gasteiger partial charge on any atom is 0.416 e. The first-order valence-corrected chi connectivity index (χ1v) is 6.90. The molecule has 0 bridgehead atoms. The number of hydrogen-bond donors (Lipinski definition) is 1. The van der Waals surface area contributed by atoms with E-state index < -0.39 is 11.7 Å². The predicted octanol–water partition coefficient (Wildman–Crippen LogP) is 3.75. The minimum absolute atomic E-state index is 0.147. The lowest BCUT2D eigenvalue weighted by molar-refractivity contribution is -0.138. The zero-order valence-corrected chi connectivity index (χ0v) is 11.7. The van der Waals surface area contributed by atoms with Crippen molar-refractivity contribution in [2.75, 3.05) is 0 Å². The summed E-state index contributed by atoms with van der Waals surface area (Å²) >= 11 is 0. The van der Waals surface area contributed by atoms with Crippen molar-refractivity contribution in [2.24, 2.45) is 0 Å². The van der Waals surface area contributed by atoms with Gasteiger partial charge in [-0.05, 0) is 38.3 Å². The van der Waals surface area contributed by atoms with E-state index in [0.29, 0.717) is 5.56 Å². The molecule has 0 aromatic heterocycles. The summed E-state index contributed by atoms with van der Waals surface area (Å²) in [5.74, 6) is 0. The molecule has 1 aromatic rings. The summed E-state index contributed by atoms with van der Waals surface area (Å²) in [6, 6.07) is 5.93. The molecule has 112 valence electrons. The topological polar surface area (TPSA) is 21.3 Å². The van der Waals surface area contributed by atoms with Crippen molar-refractivity contribution in [3.8, 4) is 0 Å². The largest absolute Gasteiger partial charge is 0.416 e. The third-order valence-corrected chi connectivity index (χ3v) is 3.60. The molecule has 1 saturated heterocycles. The van der Waals surface area contributed by atoms with Gasteiger partial charge >= 0.3 is 6.18 Å². The summed E-state index contributed by atoms with van der Waals surface area (Å²) < 4.78 is 44.3. The third kappa shape index (κ3) is 3.96. The molecule has 2 unspecified atom stereocenters. The fourth-order valence-electron chi connectivity index (χ4n) is 2.78. The second-order valence-electron chi connectivity index (χ2n) is 5.46. The number of benzene rings is 1. The number of alkyl halides is 3. The van der Waals surface area contributed by atoms with Gasteiger partial charge in [0, 0.05) is 12.6 Å². The van der Waals surface area contributed by atoms with Gasteiger partial charge in [-0.1, -0.05) is 18.2 Å². The van der Waals surface area contributed by atoms with Crippen molar-refractivity contribution in [3.63, 3.8) is 0 Å². The zero-order valence-electron chi connectivity index (χ0n) is 11.7. The summed E-state index contributed by atoms with van der Waals surface area (Å²) in [6.07, 6.45) is -2.34. The Morgan fingerprint density at radius 2 is 1.75 bits per heavy atom. The monoisotopic (exact) mass is 287 g/mol. The Balaban J connectivity index is 2.01. The van der Waals surface area contributed by atoms with Gasteiger partial charge in [-0.3, -0.25) is 0 Å². The van der Waals surface area contributed by atoms with E-state index in [1.807, 2.05) is 13.8 Å². The Morgan fingerprint density at radius 1 is 1.15 bits per heavy atom. The highest BCUT2D eigenvalue weighted by molar-refractivity contribution is 5.29. The molecular formula is C15H20F3NO. The highest BCUT2D eigenvalue weighted by Crippen LogP contribution is 2.32. The normalized spacial score (nSPS) is 27.6. The standard InChI is InChI=1S/C15H20F3NO/c1-10-7-13(8-11(2)20-10)19-9-12-5-3-4-6-14(12)15(16,17)18/h3-6,10-11,13,19H,7-9H2,1-2H3. The van der Waals surface area contributed by atoms with Gasteiger partial charge in [0.15, 0.2) is 0 Å². The molecule has 1 heterocycles. The van der Waals surface area contributed by atoms with Gasteiger partial charge in [0.2, 0.25) is 0 Å². The van der Waals surface area contributed by atoms with Crippen LogP contribution in [0.25, 0.3) is 0 Å². The van der Waals surface area contributed by atoms with Crippen molar-refractivity contribution in [1.29, 1.82) is 0 Å². The highest BCUT2D eigenvalue weighted by Gasteiger charge is 2.33. The molecule has 2 nitrogen and oxygen atoms in total. The maximum atomic E-state index is 12.9. The molecule has 5 heteroatoms. The first kappa shape index (κ1) is 15.3. The van der Waals surface area contributed by atoms with Gasteiger partial charge in [0.05, 0.1) is 17.8 Å². The number of hydrogen-bond acceptors (Lipinski definition) is 2. The van der Waals surface area contributed by atoms with Crippen LogP contribution < -0.4 is 5.32 Å². The molecule has 1 fully saturated rings. The first-order valence-electron chi connectivity index (χ1n) is 6.90. The van der Waals surface area contributed by atoms with Crippen LogP contribution in [0.2, 0.25) is 0 Å². The molecule has 1 N–H and O–H groups in total. The van der Waals surface area contributed by atoms with Gasteiger partial charge in [-0.2, -0.15) is 13.2 Å². The third-order valence-electron chi connectivity index (χ3n) is 3.60. The van der Waals surface area contributed by atoms with Gasteiger partial charge in [0.25, 0.3) is 0 Å². The van der Waals surface area contributed by atoms with E-state index in [1.165, 1.54) is 12.1 Å². The SMILES string of the molecule is CC1CC(NCc2ccccc2C(F)(F)F)CC(C)O1. The second-order valence-corrected chi connectivity index (χ2v) is 5.46. The molecule has 0 aliphatic carbocycles. The van der Waals surface area contributed by atoms with Crippen LogP contribution in [0.15, 0.2) is 24.3 Å². The molecule has 2 atom stereocenters. The van der Waals surface area contributed by atoms with Crippen molar-refractivity contribution in [3.05, 3.63) is 35.4 Å². The Morgan fingerprint density at radius 3 is 2.35 bits per heavy atom. The van der Waals surface area contributed by atoms with E-state index in [-0.39, 0.29) is 24.8 Å². The minimum Gasteiger partial charge on any atom is -0.375 e. The van der Waals surface area contributed by atoms with Gasteiger partial charge in [-0.15, -0.1) is 0 Å². The molecule has 0 radical (unpaired) electrons. The van der Waals surface area contributed by atoms with Crippen LogP contribution in [-0.2, 0) is 17.5 Å². The Bertz CT molecular complexity index is 437. The molecule has 0 amide bonds. The number of rotatable bonds is 3. The molecule has 2 rings (SSSR count). The highest BCUT2D eigenvalue weighted by atomic mass is 19.4. The van der Waals surface area contributed by atoms with E-state index in [9.17, 15) is 13.2 Å². The van der Waals surface area contributed by atoms with Crippen LogP contribution >= 0.6 is 0 Å². The van der Waals surface area contributed by atoms with Crippen LogP contribution in [0, 0.1) is 0 Å². The van der Waals surface area contributed by atoms with Crippen LogP contribution in [-0.4, -0.2) is 18.2 Å². The summed E-state index contributed by atoms with van der Waals surface area (Å²) in [4.78, 5) is 0. The lowest BCUT2D eigenvalue weighted by Crippen LogP contribution is -2.41. The molecule has 1 aliphatic heterocycles. The fourth-order valence-corrected chi connectivity index (χ4v) is 2.78. The van der Waals surface area contributed by atoms with Crippen molar-refractivity contribution < 1.29 is 17.9 Å². The molecular weight excluding hydrogens is 267 g/mol. The van der Waals surface area contributed by atoms with Crippen molar-refractivity contribution in [2.45, 2.75) is 57.7 Å². The van der Waals surface area contributed by atoms with E-state index in [2.05, 4.69) is 5.32 Å². The smallest absolute Gasteiger partial charge is 0.375 e. The Hall–Kier alpha value is -1.07. The maximum absolute atomic E-state index is 12.9. The van der Waals surface area contributed by atoms with Crippen LogP contribution in [0.3, 0.4) is 0 Å². The minimum atomic E-state index is -4.30. The summed E-state index contributed by atoms with van der Waals surface area (Å²) in [5.41, 5.74) is -0.257. The number of halogens is 3. The average molecular weight is 287 g/mol. The predicted molar refractivity (Wildman–Crippen MR) is 71.3 cm³/mol. The molecule has 1 aromatic carbocycles. The molecule has 0 spiro atoms. The molecule has 0 saturated carbocycles. The lowest BCUT2D eigenvalue weighted by Gasteiger charge is -2.32. The van der Waals surface area contributed by atoms with E-state index >= 15 is 0 Å². The van der Waals surface area contributed by atoms with Gasteiger partial charge in [0.1, 0.15) is 0 Å².